The van der Waals surface area contributed by atoms with Gasteiger partial charge in [0.25, 0.3) is 0 Å². The number of fused-ring (bicyclic) bond motifs is 2. The van der Waals surface area contributed by atoms with E-state index in [4.69, 9.17) is 0 Å². The highest BCUT2D eigenvalue weighted by molar-refractivity contribution is 9.26. The summed E-state index contributed by atoms with van der Waals surface area (Å²) in [6.07, 6.45) is 23.3. The second-order valence-corrected chi connectivity index (χ2v) is 36.4. The summed E-state index contributed by atoms with van der Waals surface area (Å²) in [6, 6.07) is 12.8. The number of aromatic hydroxyl groups is 2. The summed E-state index contributed by atoms with van der Waals surface area (Å²) in [5.41, 5.74) is 4.59. The molecule has 2 aromatic carbocycles. The normalized spacial score (nSPS) is 28.4. The van der Waals surface area contributed by atoms with Crippen molar-refractivity contribution in [3.8, 4) is 11.5 Å². The zero-order chi connectivity index (χ0) is 44.8. The van der Waals surface area contributed by atoms with E-state index in [-0.39, 0.29) is 10.8 Å². The summed E-state index contributed by atoms with van der Waals surface area (Å²) in [7, 11) is 17.7. The fourth-order valence-corrected chi connectivity index (χ4v) is 31.0. The van der Waals surface area contributed by atoms with Gasteiger partial charge in [-0.25, -0.2) is 0 Å². The Balaban J connectivity index is 1.03. The van der Waals surface area contributed by atoms with Gasteiger partial charge in [0.05, 0.1) is 5.08 Å². The van der Waals surface area contributed by atoms with Gasteiger partial charge in [-0.3, -0.25) is 0 Å². The summed E-state index contributed by atoms with van der Waals surface area (Å²) in [4.78, 5) is 0. The lowest BCUT2D eigenvalue weighted by Crippen LogP contribution is -2.44. The molecule has 9 unspecified atom stereocenters. The van der Waals surface area contributed by atoms with Gasteiger partial charge in [-0.1, -0.05) is 189 Å². The number of hydrogen-bond acceptors (Lipinski definition) is 13. The molecule has 5 heterocycles. The Morgan fingerprint density at radius 1 is 0.540 bits per heavy atom. The number of thioether (sulfide) groups is 3. The Kier molecular flexibility index (Phi) is 23.7. The van der Waals surface area contributed by atoms with Crippen molar-refractivity contribution in [1.29, 1.82) is 0 Å². The molecule has 5 aliphatic heterocycles. The molecule has 356 valence electrons. The van der Waals surface area contributed by atoms with Crippen LogP contribution in [0.15, 0.2) is 36.4 Å². The van der Waals surface area contributed by atoms with E-state index in [1.165, 1.54) is 125 Å². The van der Waals surface area contributed by atoms with Gasteiger partial charge in [-0.05, 0) is 129 Å². The van der Waals surface area contributed by atoms with Gasteiger partial charge in [0.2, 0.25) is 0 Å². The van der Waals surface area contributed by atoms with Crippen LogP contribution >= 0.6 is 120 Å². The molecule has 5 saturated heterocycles. The van der Waals surface area contributed by atoms with Gasteiger partial charge in [0.15, 0.2) is 0 Å². The topological polar surface area (TPSA) is 40.5 Å². The Hall–Kier alpha value is 1.89. The smallest absolute Gasteiger partial charge is 0.119 e. The lowest BCUT2D eigenvalue weighted by Gasteiger charge is -2.47. The van der Waals surface area contributed by atoms with Crippen LogP contribution in [-0.4, -0.2) is 68.3 Å². The SMILES string of the molecule is CCC1SCSSSSC1CC1SSC(CC2SCC3CC2S3)C(CCCCCCCc2ccc(C(C)(C)C)c(O)c2)SSC1CCCCCCCc1ccc(C(C)(C)C)c(O)c1. The number of benzene rings is 2. The van der Waals surface area contributed by atoms with Crippen LogP contribution in [-0.2, 0) is 23.7 Å². The summed E-state index contributed by atoms with van der Waals surface area (Å²) < 4.78 is 0. The van der Waals surface area contributed by atoms with Gasteiger partial charge in [-0.15, -0.1) is 11.8 Å². The third-order valence-electron chi connectivity index (χ3n) is 13.2. The fourth-order valence-electron chi connectivity index (χ4n) is 9.35. The molecule has 0 aromatic heterocycles. The molecule has 2 aromatic rings. The quantitative estimate of drug-likeness (QED) is 0.0922. The minimum absolute atomic E-state index is 0.0276. The largest absolute Gasteiger partial charge is 0.508 e. The predicted molar refractivity (Wildman–Crippen MR) is 308 cm³/mol. The molecule has 2 bridgehead atoms. The van der Waals surface area contributed by atoms with E-state index in [1.807, 2.05) is 32.8 Å². The van der Waals surface area contributed by atoms with Gasteiger partial charge in [-0.2, -0.15) is 23.5 Å². The maximum Gasteiger partial charge on any atom is 0.119 e. The van der Waals surface area contributed by atoms with Crippen molar-refractivity contribution >= 4 is 120 Å². The van der Waals surface area contributed by atoms with Crippen molar-refractivity contribution in [3.05, 3.63) is 58.7 Å². The molecule has 0 aliphatic carbocycles. The molecule has 0 spiro atoms. The summed E-state index contributed by atoms with van der Waals surface area (Å²) in [5, 5.41) is 29.6. The molecule has 63 heavy (non-hydrogen) atoms. The minimum atomic E-state index is -0.0293. The maximum absolute atomic E-state index is 10.7. The van der Waals surface area contributed by atoms with Crippen LogP contribution < -0.4 is 0 Å². The second-order valence-electron chi connectivity index (χ2n) is 20.3. The average Bonchev–Trinajstić information content (AvgIpc) is 3.20. The zero-order valence-electron chi connectivity index (χ0n) is 39.2. The van der Waals surface area contributed by atoms with Crippen LogP contribution in [0.2, 0.25) is 0 Å². The summed E-state index contributed by atoms with van der Waals surface area (Å²) >= 11 is 6.87. The first kappa shape index (κ1) is 54.2. The van der Waals surface area contributed by atoms with Crippen LogP contribution in [0.1, 0.15) is 173 Å². The van der Waals surface area contributed by atoms with Crippen molar-refractivity contribution in [3.63, 3.8) is 0 Å². The van der Waals surface area contributed by atoms with E-state index in [0.717, 1.165) is 60.7 Å². The fraction of sp³-hybridized carbons (Fsp3) is 0.760. The maximum atomic E-state index is 10.7. The van der Waals surface area contributed by atoms with Crippen molar-refractivity contribution < 1.29 is 10.2 Å². The minimum Gasteiger partial charge on any atom is -0.508 e. The number of unbranched alkanes of at least 4 members (excludes halogenated alkanes) is 8. The first-order chi connectivity index (χ1) is 30.3. The summed E-state index contributed by atoms with van der Waals surface area (Å²) in [6.45, 7) is 15.5. The van der Waals surface area contributed by atoms with E-state index in [1.54, 1.807) is 0 Å². The first-order valence-corrected chi connectivity index (χ1v) is 36.7. The average molecular weight is 1060 g/mol. The van der Waals surface area contributed by atoms with Crippen molar-refractivity contribution in [2.75, 3.05) is 10.8 Å². The van der Waals surface area contributed by atoms with Crippen LogP contribution in [0.25, 0.3) is 0 Å². The molecule has 2 nitrogen and oxygen atoms in total. The Morgan fingerprint density at radius 2 is 1.02 bits per heavy atom. The van der Waals surface area contributed by atoms with E-state index in [2.05, 4.69) is 172 Å². The third kappa shape index (κ3) is 17.6. The van der Waals surface area contributed by atoms with Gasteiger partial charge < -0.3 is 10.2 Å². The highest BCUT2D eigenvalue weighted by Gasteiger charge is 2.44. The monoisotopic (exact) mass is 1060 g/mol. The number of rotatable bonds is 21. The molecule has 5 fully saturated rings. The molecule has 0 radical (unpaired) electrons. The molecule has 5 aliphatic rings. The number of aryl methyl sites for hydroxylation is 2. The second kappa shape index (κ2) is 27.5. The Bertz CT molecular complexity index is 1640. The van der Waals surface area contributed by atoms with E-state index in [9.17, 15) is 10.2 Å². The highest BCUT2D eigenvalue weighted by Crippen LogP contribution is 2.58. The predicted octanol–water partition coefficient (Wildman–Crippen LogP) is 18.7. The standard InChI is InChI=1S/C50H78O2S11/c1-8-41-46(61-63-62-55-33-54-41)31-48-43(22-18-14-10-12-16-20-35-24-26-38(40(52)28-35)50(5,6)7)58-57-42(47(59-60-48)30-44-45-29-36(56-45)32-53-44)21-17-13-9-11-15-19-34-23-25-37(39(51)27-34)49(2,3)4/h23-28,36,41-48,51-52H,8-22,29-33H2,1-7H3. The molecule has 2 N–H and O–H groups in total. The van der Waals surface area contributed by atoms with E-state index in [0.29, 0.717) is 22.0 Å². The lowest BCUT2D eigenvalue weighted by atomic mass is 9.85. The number of hydrogen-bond donors (Lipinski definition) is 2. The zero-order valence-corrected chi connectivity index (χ0v) is 48.2. The summed E-state index contributed by atoms with van der Waals surface area (Å²) in [5.74, 6) is 2.30. The first-order valence-electron chi connectivity index (χ1n) is 24.1. The highest BCUT2D eigenvalue weighted by atomic mass is 33.7. The molecule has 0 saturated carbocycles. The van der Waals surface area contributed by atoms with E-state index >= 15 is 0 Å². The molecule has 13 heteroatoms. The van der Waals surface area contributed by atoms with Gasteiger partial charge >= 0.3 is 0 Å². The van der Waals surface area contributed by atoms with Crippen LogP contribution in [0, 0.1) is 0 Å². The molecule has 9 atom stereocenters. The van der Waals surface area contributed by atoms with Crippen molar-refractivity contribution in [2.45, 2.75) is 222 Å². The van der Waals surface area contributed by atoms with Crippen molar-refractivity contribution in [2.24, 2.45) is 0 Å². The van der Waals surface area contributed by atoms with Crippen LogP contribution in [0.4, 0.5) is 0 Å². The third-order valence-corrected chi connectivity index (χ3v) is 33.1. The molecule has 7 rings (SSSR count). The number of phenols is 2. The Labute approximate surface area is 428 Å². The number of phenolic OH excluding ortho intramolecular Hbond substituents is 2. The molecule has 0 amide bonds. The van der Waals surface area contributed by atoms with Crippen molar-refractivity contribution in [1.82, 2.24) is 0 Å². The Morgan fingerprint density at radius 3 is 1.49 bits per heavy atom. The lowest BCUT2D eigenvalue weighted by molar-refractivity contribution is 0.445. The molecular formula is C50H78O2S11. The van der Waals surface area contributed by atoms with Crippen LogP contribution in [0.3, 0.4) is 0 Å². The van der Waals surface area contributed by atoms with Crippen LogP contribution in [0.5, 0.6) is 11.5 Å². The molecular weight excluding hydrogens is 985 g/mol. The van der Waals surface area contributed by atoms with Gasteiger partial charge in [0.1, 0.15) is 11.5 Å². The van der Waals surface area contributed by atoms with Gasteiger partial charge in [0, 0.05) is 53.0 Å². The van der Waals surface area contributed by atoms with E-state index < -0.39 is 0 Å².